The molecular weight excluding hydrogens is 278 g/mol. The van der Waals surface area contributed by atoms with Crippen LogP contribution in [0.15, 0.2) is 24.3 Å². The Labute approximate surface area is 132 Å². The quantitative estimate of drug-likeness (QED) is 0.830. The van der Waals surface area contributed by atoms with E-state index >= 15 is 0 Å². The summed E-state index contributed by atoms with van der Waals surface area (Å²) in [5.74, 6) is 0.967. The van der Waals surface area contributed by atoms with Gasteiger partial charge in [-0.2, -0.15) is 5.26 Å². The Kier molecular flexibility index (Phi) is 5.79. The van der Waals surface area contributed by atoms with Crippen LogP contribution in [0.5, 0.6) is 5.75 Å². The molecule has 1 heterocycles. The summed E-state index contributed by atoms with van der Waals surface area (Å²) >= 11 is 0. The van der Waals surface area contributed by atoms with Gasteiger partial charge in [0.05, 0.1) is 26.0 Å². The predicted molar refractivity (Wildman–Crippen MR) is 84.5 cm³/mol. The molecule has 22 heavy (non-hydrogen) atoms. The van der Waals surface area contributed by atoms with Gasteiger partial charge in [-0.15, -0.1) is 0 Å². The molecule has 0 N–H and O–H groups in total. The molecule has 0 radical (unpaired) electrons. The first-order valence-electron chi connectivity index (χ1n) is 7.65. The van der Waals surface area contributed by atoms with Crippen molar-refractivity contribution in [1.82, 2.24) is 9.80 Å². The molecule has 0 aromatic heterocycles. The number of hydrogen-bond acceptors (Lipinski definition) is 4. The molecule has 5 heteroatoms. The van der Waals surface area contributed by atoms with Gasteiger partial charge in [-0.3, -0.25) is 9.69 Å². The van der Waals surface area contributed by atoms with Crippen LogP contribution in [0, 0.1) is 11.3 Å². The fourth-order valence-corrected chi connectivity index (χ4v) is 2.70. The molecule has 0 bridgehead atoms. The monoisotopic (exact) mass is 301 g/mol. The van der Waals surface area contributed by atoms with Gasteiger partial charge in [0.25, 0.3) is 0 Å². The average molecular weight is 301 g/mol. The number of nitriles is 1. The highest BCUT2D eigenvalue weighted by Gasteiger charge is 2.23. The van der Waals surface area contributed by atoms with Crippen LogP contribution in [0.1, 0.15) is 18.9 Å². The van der Waals surface area contributed by atoms with E-state index in [4.69, 9.17) is 10.00 Å². The highest BCUT2D eigenvalue weighted by Crippen LogP contribution is 2.14. The van der Waals surface area contributed by atoms with Crippen LogP contribution in [0.3, 0.4) is 0 Å². The van der Waals surface area contributed by atoms with Crippen LogP contribution in [0.25, 0.3) is 0 Å². The minimum Gasteiger partial charge on any atom is -0.497 e. The maximum absolute atomic E-state index is 12.3. The average Bonchev–Trinajstić information content (AvgIpc) is 2.56. The van der Waals surface area contributed by atoms with Crippen molar-refractivity contribution in [2.45, 2.75) is 25.8 Å². The molecule has 1 aliphatic heterocycles. The summed E-state index contributed by atoms with van der Waals surface area (Å²) < 4.78 is 5.12. The lowest BCUT2D eigenvalue weighted by Crippen LogP contribution is -2.51. The number of benzene rings is 1. The molecule has 0 aliphatic carbocycles. The van der Waals surface area contributed by atoms with Crippen LogP contribution in [0.4, 0.5) is 0 Å². The maximum Gasteiger partial charge on any atom is 0.227 e. The standard InChI is InChI=1S/C17H23N3O2/c1-14(7-8-18)19-9-11-20(12-10-19)17(21)13-15-3-5-16(22-2)6-4-15/h3-6,14H,7,9-13H2,1-2H3/t14-/m1/s1. The molecule has 118 valence electrons. The van der Waals surface area contributed by atoms with Gasteiger partial charge < -0.3 is 9.64 Å². The number of ether oxygens (including phenoxy) is 1. The summed E-state index contributed by atoms with van der Waals surface area (Å²) in [5, 5.41) is 8.76. The zero-order valence-electron chi connectivity index (χ0n) is 13.3. The van der Waals surface area contributed by atoms with Gasteiger partial charge in [-0.1, -0.05) is 12.1 Å². The lowest BCUT2D eigenvalue weighted by molar-refractivity contribution is -0.132. The van der Waals surface area contributed by atoms with Crippen molar-refractivity contribution in [3.8, 4) is 11.8 Å². The number of carbonyl (C=O) groups is 1. The Morgan fingerprint density at radius 1 is 1.27 bits per heavy atom. The molecule has 2 rings (SSSR count). The number of piperazine rings is 1. The maximum atomic E-state index is 12.3. The summed E-state index contributed by atoms with van der Waals surface area (Å²) in [6, 6.07) is 10.1. The fraction of sp³-hybridized carbons (Fsp3) is 0.529. The van der Waals surface area contributed by atoms with Gasteiger partial charge in [0, 0.05) is 32.2 Å². The Morgan fingerprint density at radius 2 is 1.91 bits per heavy atom. The first-order chi connectivity index (χ1) is 10.6. The third-order valence-electron chi connectivity index (χ3n) is 4.19. The fourth-order valence-electron chi connectivity index (χ4n) is 2.70. The second-order valence-electron chi connectivity index (χ2n) is 5.65. The molecule has 0 saturated carbocycles. The normalized spacial score (nSPS) is 16.9. The van der Waals surface area contributed by atoms with Gasteiger partial charge >= 0.3 is 0 Å². The molecule has 0 spiro atoms. The Bertz CT molecular complexity index is 528. The van der Waals surface area contributed by atoms with E-state index in [1.807, 2.05) is 29.2 Å². The first kappa shape index (κ1) is 16.3. The van der Waals surface area contributed by atoms with E-state index in [0.29, 0.717) is 12.8 Å². The molecule has 1 aliphatic rings. The predicted octanol–water partition coefficient (Wildman–Crippen LogP) is 1.68. The summed E-state index contributed by atoms with van der Waals surface area (Å²) in [6.45, 7) is 5.24. The number of amides is 1. The molecule has 1 amide bonds. The lowest BCUT2D eigenvalue weighted by Gasteiger charge is -2.37. The van der Waals surface area contributed by atoms with E-state index in [9.17, 15) is 4.79 Å². The third kappa shape index (κ3) is 4.22. The number of nitrogens with zero attached hydrogens (tertiary/aromatic N) is 3. The molecule has 1 fully saturated rings. The van der Waals surface area contributed by atoms with Crippen LogP contribution >= 0.6 is 0 Å². The third-order valence-corrected chi connectivity index (χ3v) is 4.19. The van der Waals surface area contributed by atoms with Crippen molar-refractivity contribution in [1.29, 1.82) is 5.26 Å². The van der Waals surface area contributed by atoms with E-state index in [2.05, 4.69) is 17.9 Å². The summed E-state index contributed by atoms with van der Waals surface area (Å²) in [5.41, 5.74) is 1.01. The van der Waals surface area contributed by atoms with E-state index in [-0.39, 0.29) is 11.9 Å². The van der Waals surface area contributed by atoms with Crippen molar-refractivity contribution < 1.29 is 9.53 Å². The summed E-state index contributed by atoms with van der Waals surface area (Å²) in [6.07, 6.45) is 0.970. The van der Waals surface area contributed by atoms with Gasteiger partial charge in [0.2, 0.25) is 5.91 Å². The van der Waals surface area contributed by atoms with Crippen molar-refractivity contribution in [2.24, 2.45) is 0 Å². The topological polar surface area (TPSA) is 56.6 Å². The van der Waals surface area contributed by atoms with Crippen molar-refractivity contribution in [3.05, 3.63) is 29.8 Å². The van der Waals surface area contributed by atoms with Gasteiger partial charge in [0.15, 0.2) is 0 Å². The van der Waals surface area contributed by atoms with Crippen molar-refractivity contribution in [3.63, 3.8) is 0 Å². The van der Waals surface area contributed by atoms with Crippen molar-refractivity contribution in [2.75, 3.05) is 33.3 Å². The number of rotatable bonds is 5. The number of carbonyl (C=O) groups excluding carboxylic acids is 1. The van der Waals surface area contributed by atoms with Crippen LogP contribution in [0.2, 0.25) is 0 Å². The van der Waals surface area contributed by atoms with Crippen LogP contribution in [-0.2, 0) is 11.2 Å². The highest BCUT2D eigenvalue weighted by atomic mass is 16.5. The summed E-state index contributed by atoms with van der Waals surface area (Å²) in [4.78, 5) is 16.5. The zero-order chi connectivity index (χ0) is 15.9. The Balaban J connectivity index is 1.83. The van der Waals surface area contributed by atoms with E-state index in [1.165, 1.54) is 0 Å². The smallest absolute Gasteiger partial charge is 0.227 e. The highest BCUT2D eigenvalue weighted by molar-refractivity contribution is 5.78. The van der Waals surface area contributed by atoms with Gasteiger partial charge in [-0.05, 0) is 24.6 Å². The molecule has 5 nitrogen and oxygen atoms in total. The summed E-state index contributed by atoms with van der Waals surface area (Å²) in [7, 11) is 1.63. The van der Waals surface area contributed by atoms with Gasteiger partial charge in [-0.25, -0.2) is 0 Å². The van der Waals surface area contributed by atoms with Crippen LogP contribution < -0.4 is 4.74 Å². The minimum atomic E-state index is 0.165. The molecule has 1 aromatic rings. The number of methoxy groups -OCH3 is 1. The molecule has 1 saturated heterocycles. The zero-order valence-corrected chi connectivity index (χ0v) is 13.3. The lowest BCUT2D eigenvalue weighted by atomic mass is 10.1. The molecular formula is C17H23N3O2. The second-order valence-corrected chi connectivity index (χ2v) is 5.65. The largest absolute Gasteiger partial charge is 0.497 e. The first-order valence-corrected chi connectivity index (χ1v) is 7.65. The molecule has 1 aromatic carbocycles. The van der Waals surface area contributed by atoms with E-state index in [0.717, 1.165) is 37.5 Å². The Hall–Kier alpha value is -2.06. The van der Waals surface area contributed by atoms with Crippen molar-refractivity contribution >= 4 is 5.91 Å². The van der Waals surface area contributed by atoms with Crippen LogP contribution in [-0.4, -0.2) is 55.0 Å². The van der Waals surface area contributed by atoms with E-state index < -0.39 is 0 Å². The Morgan fingerprint density at radius 3 is 2.45 bits per heavy atom. The number of hydrogen-bond donors (Lipinski definition) is 0. The second kappa shape index (κ2) is 7.81. The van der Waals surface area contributed by atoms with Gasteiger partial charge in [0.1, 0.15) is 5.75 Å². The van der Waals surface area contributed by atoms with E-state index in [1.54, 1.807) is 7.11 Å². The molecule has 1 atom stereocenters. The SMILES string of the molecule is COc1ccc(CC(=O)N2CCN([C@H](C)CC#N)CC2)cc1. The molecule has 0 unspecified atom stereocenters. The minimum absolute atomic E-state index is 0.165.